The van der Waals surface area contributed by atoms with E-state index in [2.05, 4.69) is 33.8 Å². The Morgan fingerprint density at radius 3 is 2.56 bits per heavy atom. The lowest BCUT2D eigenvalue weighted by Crippen LogP contribution is -2.11. The van der Waals surface area contributed by atoms with E-state index < -0.39 is 0 Å². The molecule has 0 bridgehead atoms. The second-order valence-electron chi connectivity index (χ2n) is 6.74. The highest BCUT2D eigenvalue weighted by Gasteiger charge is 2.22. The van der Waals surface area contributed by atoms with Crippen molar-refractivity contribution in [3.63, 3.8) is 0 Å². The molecule has 0 unspecified atom stereocenters. The molecule has 0 atom stereocenters. The van der Waals surface area contributed by atoms with Gasteiger partial charge in [-0.2, -0.15) is 4.98 Å². The van der Waals surface area contributed by atoms with Crippen LogP contribution in [0.1, 0.15) is 18.4 Å². The first-order valence-corrected chi connectivity index (χ1v) is 9.38. The van der Waals surface area contributed by atoms with Crippen molar-refractivity contribution < 1.29 is 4.74 Å². The summed E-state index contributed by atoms with van der Waals surface area (Å²) >= 11 is 0. The molecule has 1 aliphatic rings. The molecule has 2 aromatic carbocycles. The number of anilines is 2. The number of hydrogen-bond acceptors (Lipinski definition) is 5. The molecule has 0 amide bonds. The van der Waals surface area contributed by atoms with Gasteiger partial charge in [-0.05, 0) is 30.9 Å². The highest BCUT2D eigenvalue weighted by molar-refractivity contribution is 5.64. The summed E-state index contributed by atoms with van der Waals surface area (Å²) in [6.45, 7) is 0.772. The van der Waals surface area contributed by atoms with Crippen LogP contribution in [0.2, 0.25) is 0 Å². The maximum Gasteiger partial charge on any atom is 0.225 e. The molecule has 27 heavy (non-hydrogen) atoms. The number of benzene rings is 2. The van der Waals surface area contributed by atoms with Crippen molar-refractivity contribution in [3.05, 3.63) is 66.2 Å². The fraction of sp³-hybridized carbons (Fsp3) is 0.273. The highest BCUT2D eigenvalue weighted by atomic mass is 16.5. The lowest BCUT2D eigenvalue weighted by atomic mass is 10.1. The SMILES string of the molecule is COc1ccccc1CCNc1cc(-c2ccccc2)nc(NC2CC2)n1. The molecule has 1 fully saturated rings. The zero-order valence-electron chi connectivity index (χ0n) is 15.5. The topological polar surface area (TPSA) is 59.1 Å². The Morgan fingerprint density at radius 1 is 1.00 bits per heavy atom. The summed E-state index contributed by atoms with van der Waals surface area (Å²) in [5.41, 5.74) is 3.20. The van der Waals surface area contributed by atoms with Crippen LogP contribution < -0.4 is 15.4 Å². The van der Waals surface area contributed by atoms with Crippen LogP contribution >= 0.6 is 0 Å². The number of nitrogens with one attached hydrogen (secondary N) is 2. The number of para-hydroxylation sites is 1. The summed E-state index contributed by atoms with van der Waals surface area (Å²) in [5, 5.41) is 6.85. The summed E-state index contributed by atoms with van der Waals surface area (Å²) in [6, 6.07) is 20.8. The van der Waals surface area contributed by atoms with Gasteiger partial charge in [0.25, 0.3) is 0 Å². The quantitative estimate of drug-likeness (QED) is 0.624. The highest BCUT2D eigenvalue weighted by Crippen LogP contribution is 2.26. The van der Waals surface area contributed by atoms with E-state index in [-0.39, 0.29) is 0 Å². The van der Waals surface area contributed by atoms with Crippen LogP contribution in [0.15, 0.2) is 60.7 Å². The fourth-order valence-electron chi connectivity index (χ4n) is 3.00. The molecule has 0 spiro atoms. The molecular formula is C22H24N4O. The maximum absolute atomic E-state index is 5.43. The molecule has 1 heterocycles. The van der Waals surface area contributed by atoms with Crippen molar-refractivity contribution in [2.45, 2.75) is 25.3 Å². The van der Waals surface area contributed by atoms with Gasteiger partial charge in [0, 0.05) is 24.2 Å². The van der Waals surface area contributed by atoms with Crippen molar-refractivity contribution in [1.82, 2.24) is 9.97 Å². The molecule has 4 rings (SSSR count). The largest absolute Gasteiger partial charge is 0.496 e. The summed E-state index contributed by atoms with van der Waals surface area (Å²) in [5.74, 6) is 2.45. The molecule has 1 aromatic heterocycles. The van der Waals surface area contributed by atoms with Gasteiger partial charge in [0.15, 0.2) is 0 Å². The van der Waals surface area contributed by atoms with Gasteiger partial charge in [-0.1, -0.05) is 48.5 Å². The molecule has 0 saturated heterocycles. The van der Waals surface area contributed by atoms with Gasteiger partial charge in [0.1, 0.15) is 11.6 Å². The van der Waals surface area contributed by atoms with E-state index in [0.717, 1.165) is 35.8 Å². The Kier molecular flexibility index (Phi) is 5.19. The monoisotopic (exact) mass is 360 g/mol. The van der Waals surface area contributed by atoms with E-state index in [0.29, 0.717) is 12.0 Å². The van der Waals surface area contributed by atoms with Crippen LogP contribution in [0, 0.1) is 0 Å². The predicted octanol–water partition coefficient (Wildman–Crippen LogP) is 4.38. The van der Waals surface area contributed by atoms with E-state index in [1.54, 1.807) is 7.11 Å². The number of methoxy groups -OCH3 is 1. The van der Waals surface area contributed by atoms with Crippen LogP contribution in [-0.2, 0) is 6.42 Å². The van der Waals surface area contributed by atoms with Gasteiger partial charge < -0.3 is 15.4 Å². The summed E-state index contributed by atoms with van der Waals surface area (Å²) in [6.07, 6.45) is 3.24. The third-order valence-corrected chi connectivity index (χ3v) is 4.60. The molecule has 0 aliphatic heterocycles. The minimum Gasteiger partial charge on any atom is -0.496 e. The number of hydrogen-bond donors (Lipinski definition) is 2. The van der Waals surface area contributed by atoms with Crippen molar-refractivity contribution in [3.8, 4) is 17.0 Å². The third-order valence-electron chi connectivity index (χ3n) is 4.60. The first-order chi connectivity index (χ1) is 13.3. The Bertz CT molecular complexity index is 894. The van der Waals surface area contributed by atoms with Gasteiger partial charge in [-0.15, -0.1) is 0 Å². The minimum absolute atomic E-state index is 0.512. The normalized spacial score (nSPS) is 13.2. The van der Waals surface area contributed by atoms with Crippen LogP contribution in [0.3, 0.4) is 0 Å². The van der Waals surface area contributed by atoms with Crippen molar-refractivity contribution >= 4 is 11.8 Å². The molecule has 5 nitrogen and oxygen atoms in total. The van der Waals surface area contributed by atoms with E-state index in [1.165, 1.54) is 18.4 Å². The molecule has 1 aliphatic carbocycles. The lowest BCUT2D eigenvalue weighted by molar-refractivity contribution is 0.410. The first kappa shape index (κ1) is 17.3. The molecule has 5 heteroatoms. The Morgan fingerprint density at radius 2 is 1.78 bits per heavy atom. The summed E-state index contributed by atoms with van der Waals surface area (Å²) in [7, 11) is 1.71. The zero-order valence-corrected chi connectivity index (χ0v) is 15.5. The smallest absolute Gasteiger partial charge is 0.225 e. The van der Waals surface area contributed by atoms with Gasteiger partial charge in [0.05, 0.1) is 12.8 Å². The first-order valence-electron chi connectivity index (χ1n) is 9.38. The maximum atomic E-state index is 5.43. The molecular weight excluding hydrogens is 336 g/mol. The standard InChI is InChI=1S/C22H24N4O/c1-27-20-10-6-5-9-17(20)13-14-23-21-15-19(16-7-3-2-4-8-16)25-22(26-21)24-18-11-12-18/h2-10,15,18H,11-14H2,1H3,(H2,23,24,25,26). The zero-order chi connectivity index (χ0) is 18.5. The number of aromatic nitrogens is 2. The van der Waals surface area contributed by atoms with E-state index in [4.69, 9.17) is 9.72 Å². The van der Waals surface area contributed by atoms with Crippen LogP contribution in [-0.4, -0.2) is 29.7 Å². The Hall–Kier alpha value is -3.08. The van der Waals surface area contributed by atoms with Crippen LogP contribution in [0.5, 0.6) is 5.75 Å². The average molecular weight is 360 g/mol. The number of rotatable bonds is 8. The lowest BCUT2D eigenvalue weighted by Gasteiger charge is -2.12. The average Bonchev–Trinajstić information content (AvgIpc) is 3.53. The van der Waals surface area contributed by atoms with Gasteiger partial charge in [-0.3, -0.25) is 0 Å². The van der Waals surface area contributed by atoms with Crippen molar-refractivity contribution in [2.24, 2.45) is 0 Å². The summed E-state index contributed by atoms with van der Waals surface area (Å²) < 4.78 is 5.43. The van der Waals surface area contributed by atoms with E-state index in [1.807, 2.05) is 42.5 Å². The van der Waals surface area contributed by atoms with Crippen molar-refractivity contribution in [2.75, 3.05) is 24.3 Å². The molecule has 2 N–H and O–H groups in total. The Labute approximate surface area is 159 Å². The van der Waals surface area contributed by atoms with Crippen LogP contribution in [0.25, 0.3) is 11.3 Å². The van der Waals surface area contributed by atoms with Crippen molar-refractivity contribution in [1.29, 1.82) is 0 Å². The van der Waals surface area contributed by atoms with Crippen LogP contribution in [0.4, 0.5) is 11.8 Å². The molecule has 138 valence electrons. The molecule has 0 radical (unpaired) electrons. The number of nitrogens with zero attached hydrogens (tertiary/aromatic N) is 2. The molecule has 3 aromatic rings. The number of ether oxygens (including phenoxy) is 1. The van der Waals surface area contributed by atoms with E-state index in [9.17, 15) is 0 Å². The van der Waals surface area contributed by atoms with Gasteiger partial charge in [0.2, 0.25) is 5.95 Å². The molecule has 1 saturated carbocycles. The second-order valence-corrected chi connectivity index (χ2v) is 6.74. The summed E-state index contributed by atoms with van der Waals surface area (Å²) in [4.78, 5) is 9.34. The minimum atomic E-state index is 0.512. The van der Waals surface area contributed by atoms with Gasteiger partial charge in [-0.25, -0.2) is 4.98 Å². The van der Waals surface area contributed by atoms with E-state index >= 15 is 0 Å². The third kappa shape index (κ3) is 4.56. The second kappa shape index (κ2) is 8.08. The van der Waals surface area contributed by atoms with Gasteiger partial charge >= 0.3 is 0 Å². The Balaban J connectivity index is 1.50. The fourth-order valence-corrected chi connectivity index (χ4v) is 3.00. The predicted molar refractivity (Wildman–Crippen MR) is 109 cm³/mol.